The van der Waals surface area contributed by atoms with Gasteiger partial charge in [0.25, 0.3) is 5.91 Å². The lowest BCUT2D eigenvalue weighted by atomic mass is 10.0. The van der Waals surface area contributed by atoms with Gasteiger partial charge in [0.2, 0.25) is 0 Å². The van der Waals surface area contributed by atoms with Crippen molar-refractivity contribution < 1.29 is 19.4 Å². The van der Waals surface area contributed by atoms with Gasteiger partial charge in [-0.25, -0.2) is 0 Å². The summed E-state index contributed by atoms with van der Waals surface area (Å²) in [6, 6.07) is 20.5. The molecule has 0 aliphatic heterocycles. The largest absolute Gasteiger partial charge is 0.492 e. The van der Waals surface area contributed by atoms with Gasteiger partial charge in [-0.05, 0) is 43.2 Å². The fraction of sp³-hybridized carbons (Fsp3) is 0.250. The van der Waals surface area contributed by atoms with Gasteiger partial charge >= 0.3 is 5.97 Å². The second kappa shape index (κ2) is 9.73. The van der Waals surface area contributed by atoms with E-state index in [4.69, 9.17) is 9.84 Å². The van der Waals surface area contributed by atoms with E-state index in [1.54, 1.807) is 6.07 Å². The predicted molar refractivity (Wildman–Crippen MR) is 113 cm³/mol. The van der Waals surface area contributed by atoms with Crippen molar-refractivity contribution in [3.63, 3.8) is 0 Å². The van der Waals surface area contributed by atoms with E-state index in [9.17, 15) is 9.59 Å². The normalized spacial score (nSPS) is 11.8. The number of rotatable bonds is 9. The highest BCUT2D eigenvalue weighted by atomic mass is 16.5. The van der Waals surface area contributed by atoms with Gasteiger partial charge in [-0.3, -0.25) is 9.59 Å². The number of unbranched alkanes of at least 4 members (excludes halogenated alkanes) is 1. The van der Waals surface area contributed by atoms with Crippen molar-refractivity contribution in [2.24, 2.45) is 0 Å². The molecule has 0 heterocycles. The fourth-order valence-electron chi connectivity index (χ4n) is 3.16. The van der Waals surface area contributed by atoms with Crippen molar-refractivity contribution >= 4 is 22.6 Å². The van der Waals surface area contributed by atoms with Crippen LogP contribution in [0.15, 0.2) is 66.7 Å². The van der Waals surface area contributed by atoms with E-state index < -0.39 is 17.9 Å². The van der Waals surface area contributed by atoms with Crippen LogP contribution in [0.2, 0.25) is 0 Å². The molecule has 1 amide bonds. The maximum absolute atomic E-state index is 12.6. The number of aliphatic carboxylic acids is 1. The van der Waals surface area contributed by atoms with E-state index in [2.05, 4.69) is 17.4 Å². The second-order valence-electron chi connectivity index (χ2n) is 6.99. The maximum Gasteiger partial charge on any atom is 0.325 e. The zero-order chi connectivity index (χ0) is 20.6. The molecule has 0 aliphatic carbocycles. The van der Waals surface area contributed by atoms with Crippen molar-refractivity contribution in [2.75, 3.05) is 6.61 Å². The zero-order valence-corrected chi connectivity index (χ0v) is 16.4. The van der Waals surface area contributed by atoms with E-state index in [1.165, 1.54) is 12.5 Å². The first-order valence-corrected chi connectivity index (χ1v) is 9.78. The summed E-state index contributed by atoms with van der Waals surface area (Å²) in [7, 11) is 0. The molecule has 0 aromatic heterocycles. The molecule has 3 aromatic rings. The van der Waals surface area contributed by atoms with Gasteiger partial charge in [0.15, 0.2) is 0 Å². The van der Waals surface area contributed by atoms with E-state index in [1.807, 2.05) is 48.5 Å². The second-order valence-corrected chi connectivity index (χ2v) is 6.99. The SMILES string of the molecule is CC(NC(=O)c1ccc2ccccc2c1OCCCCc1ccccc1)C(=O)O. The quantitative estimate of drug-likeness (QED) is 0.529. The summed E-state index contributed by atoms with van der Waals surface area (Å²) in [4.78, 5) is 23.7. The number of aryl methyl sites for hydroxylation is 1. The monoisotopic (exact) mass is 391 g/mol. The smallest absolute Gasteiger partial charge is 0.325 e. The van der Waals surface area contributed by atoms with Crippen LogP contribution in [0.25, 0.3) is 10.8 Å². The molecule has 0 saturated heterocycles. The number of carbonyl (C=O) groups is 2. The molecule has 0 radical (unpaired) electrons. The van der Waals surface area contributed by atoms with Crippen LogP contribution in [-0.2, 0) is 11.2 Å². The minimum atomic E-state index is -1.08. The molecular weight excluding hydrogens is 366 g/mol. The number of carboxylic acid groups (broad SMARTS) is 1. The lowest BCUT2D eigenvalue weighted by Gasteiger charge is -2.16. The Bertz CT molecular complexity index is 985. The number of carbonyl (C=O) groups excluding carboxylic acids is 1. The summed E-state index contributed by atoms with van der Waals surface area (Å²) >= 11 is 0. The Morgan fingerprint density at radius 3 is 2.45 bits per heavy atom. The van der Waals surface area contributed by atoms with Gasteiger partial charge in [0, 0.05) is 5.39 Å². The highest BCUT2D eigenvalue weighted by molar-refractivity contribution is 6.04. The van der Waals surface area contributed by atoms with Gasteiger partial charge in [0.05, 0.1) is 12.2 Å². The minimum absolute atomic E-state index is 0.347. The average Bonchev–Trinajstić information content (AvgIpc) is 2.74. The van der Waals surface area contributed by atoms with Crippen LogP contribution in [-0.4, -0.2) is 29.6 Å². The molecule has 5 nitrogen and oxygen atoms in total. The van der Waals surface area contributed by atoms with E-state index >= 15 is 0 Å². The number of fused-ring (bicyclic) bond motifs is 1. The van der Waals surface area contributed by atoms with Crippen molar-refractivity contribution in [2.45, 2.75) is 32.2 Å². The number of carboxylic acids is 1. The molecule has 1 unspecified atom stereocenters. The number of hydrogen-bond acceptors (Lipinski definition) is 3. The molecule has 0 saturated carbocycles. The summed E-state index contributed by atoms with van der Waals surface area (Å²) in [6.07, 6.45) is 2.81. The Labute approximate surface area is 170 Å². The number of amides is 1. The molecule has 3 aromatic carbocycles. The molecule has 0 fully saturated rings. The predicted octanol–water partition coefficient (Wildman–Crippen LogP) is 4.44. The molecule has 5 heteroatoms. The molecule has 2 N–H and O–H groups in total. The van der Waals surface area contributed by atoms with Crippen LogP contribution >= 0.6 is 0 Å². The minimum Gasteiger partial charge on any atom is -0.492 e. The molecule has 0 bridgehead atoms. The average molecular weight is 391 g/mol. The number of hydrogen-bond donors (Lipinski definition) is 2. The Morgan fingerprint density at radius 1 is 0.966 bits per heavy atom. The summed E-state index contributed by atoms with van der Waals surface area (Å²) in [6.45, 7) is 1.92. The molecule has 150 valence electrons. The van der Waals surface area contributed by atoms with Crippen molar-refractivity contribution in [3.05, 3.63) is 77.9 Å². The van der Waals surface area contributed by atoms with Crippen LogP contribution in [0.3, 0.4) is 0 Å². The Hall–Kier alpha value is -3.34. The van der Waals surface area contributed by atoms with Gasteiger partial charge < -0.3 is 15.2 Å². The number of benzene rings is 3. The third-order valence-electron chi connectivity index (χ3n) is 4.79. The third-order valence-corrected chi connectivity index (χ3v) is 4.79. The zero-order valence-electron chi connectivity index (χ0n) is 16.4. The topological polar surface area (TPSA) is 75.6 Å². The van der Waals surface area contributed by atoms with Crippen LogP contribution in [0.1, 0.15) is 35.7 Å². The molecule has 0 aliphatic rings. The van der Waals surface area contributed by atoms with Crippen LogP contribution in [0.5, 0.6) is 5.75 Å². The highest BCUT2D eigenvalue weighted by Gasteiger charge is 2.20. The lowest BCUT2D eigenvalue weighted by Crippen LogP contribution is -2.38. The molecule has 0 spiro atoms. The van der Waals surface area contributed by atoms with Crippen molar-refractivity contribution in [3.8, 4) is 5.75 Å². The first-order chi connectivity index (χ1) is 14.1. The summed E-state index contributed by atoms with van der Waals surface area (Å²) in [5.74, 6) is -1.04. The lowest BCUT2D eigenvalue weighted by molar-refractivity contribution is -0.138. The Kier molecular flexibility index (Phi) is 6.85. The Balaban J connectivity index is 1.71. The van der Waals surface area contributed by atoms with Crippen LogP contribution < -0.4 is 10.1 Å². The van der Waals surface area contributed by atoms with Crippen LogP contribution in [0.4, 0.5) is 0 Å². The molecule has 29 heavy (non-hydrogen) atoms. The third kappa shape index (κ3) is 5.35. The summed E-state index contributed by atoms with van der Waals surface area (Å²) in [5.41, 5.74) is 1.64. The first kappa shape index (κ1) is 20.4. The van der Waals surface area contributed by atoms with Gasteiger partial charge in [-0.1, -0.05) is 60.7 Å². The van der Waals surface area contributed by atoms with Crippen molar-refractivity contribution in [1.82, 2.24) is 5.32 Å². The number of ether oxygens (including phenoxy) is 1. The highest BCUT2D eigenvalue weighted by Crippen LogP contribution is 2.30. The Morgan fingerprint density at radius 2 is 1.69 bits per heavy atom. The van der Waals surface area contributed by atoms with Gasteiger partial charge in [-0.2, -0.15) is 0 Å². The molecule has 1 atom stereocenters. The van der Waals surface area contributed by atoms with Crippen molar-refractivity contribution in [1.29, 1.82) is 0 Å². The van der Waals surface area contributed by atoms with E-state index in [0.717, 1.165) is 30.0 Å². The molecule has 3 rings (SSSR count). The number of nitrogens with one attached hydrogen (secondary N) is 1. The standard InChI is InChI=1S/C24H25NO4/c1-17(24(27)28)25-23(26)21-15-14-19-12-5-6-13-20(19)22(21)29-16-8-7-11-18-9-3-2-4-10-18/h2-6,9-10,12-15,17H,7-8,11,16H2,1H3,(H,25,26)(H,27,28). The van der Waals surface area contributed by atoms with E-state index in [0.29, 0.717) is 17.9 Å². The maximum atomic E-state index is 12.6. The van der Waals surface area contributed by atoms with Gasteiger partial charge in [0.1, 0.15) is 11.8 Å². The van der Waals surface area contributed by atoms with E-state index in [-0.39, 0.29) is 0 Å². The van der Waals surface area contributed by atoms with Crippen LogP contribution in [0, 0.1) is 0 Å². The van der Waals surface area contributed by atoms with Gasteiger partial charge in [-0.15, -0.1) is 0 Å². The summed E-state index contributed by atoms with van der Waals surface area (Å²) < 4.78 is 6.04. The molecular formula is C24H25NO4. The fourth-order valence-corrected chi connectivity index (χ4v) is 3.16. The first-order valence-electron chi connectivity index (χ1n) is 9.78. The summed E-state index contributed by atoms with van der Waals surface area (Å²) in [5, 5.41) is 13.4.